The third kappa shape index (κ3) is 2.24. The van der Waals surface area contributed by atoms with Gasteiger partial charge in [0.05, 0.1) is 17.9 Å². The van der Waals surface area contributed by atoms with E-state index in [2.05, 4.69) is 14.1 Å². The predicted molar refractivity (Wildman–Crippen MR) is 56.9 cm³/mol. The zero-order valence-corrected chi connectivity index (χ0v) is 8.98. The number of aromatic nitrogens is 2. The van der Waals surface area contributed by atoms with E-state index in [0.29, 0.717) is 12.1 Å². The molecular weight excluding hydrogens is 216 g/mol. The number of hydrogen-bond donors (Lipinski definition) is 0. The highest BCUT2D eigenvalue weighted by atomic mass is 32.1. The van der Waals surface area contributed by atoms with Crippen LogP contribution in [0.2, 0.25) is 0 Å². The Bertz CT molecular complexity index is 394. The standard InChI is InChI=1S/C9H8N2OS2/c12-9(8-5-10-14-11-8)2-1-7-3-4-13-6-7/h3-6H,1-2H2. The molecule has 0 radical (unpaired) electrons. The van der Waals surface area contributed by atoms with E-state index in [1.807, 2.05) is 11.4 Å². The zero-order chi connectivity index (χ0) is 9.80. The van der Waals surface area contributed by atoms with E-state index in [9.17, 15) is 4.79 Å². The molecule has 72 valence electrons. The molecule has 2 aromatic heterocycles. The van der Waals surface area contributed by atoms with E-state index in [4.69, 9.17) is 0 Å². The van der Waals surface area contributed by atoms with Crippen molar-refractivity contribution in [1.82, 2.24) is 8.75 Å². The summed E-state index contributed by atoms with van der Waals surface area (Å²) in [5, 5.41) is 4.08. The lowest BCUT2D eigenvalue weighted by Gasteiger charge is -1.94. The number of nitrogens with zero attached hydrogens (tertiary/aromatic N) is 2. The van der Waals surface area contributed by atoms with E-state index >= 15 is 0 Å². The number of carbonyl (C=O) groups excluding carboxylic acids is 1. The van der Waals surface area contributed by atoms with Gasteiger partial charge in [-0.3, -0.25) is 4.79 Å². The summed E-state index contributed by atoms with van der Waals surface area (Å²) in [5.41, 5.74) is 1.71. The minimum Gasteiger partial charge on any atom is -0.292 e. The Morgan fingerprint density at radius 3 is 3.07 bits per heavy atom. The SMILES string of the molecule is O=C(CCc1ccsc1)c1cnsn1. The van der Waals surface area contributed by atoms with Crippen LogP contribution in [0.5, 0.6) is 0 Å². The second-order valence-corrected chi connectivity index (χ2v) is 4.18. The number of rotatable bonds is 4. The van der Waals surface area contributed by atoms with Crippen LogP contribution in [0.3, 0.4) is 0 Å². The third-order valence-corrected chi connectivity index (χ3v) is 3.08. The molecule has 14 heavy (non-hydrogen) atoms. The van der Waals surface area contributed by atoms with Gasteiger partial charge in [-0.25, -0.2) is 0 Å². The Labute approximate surface area is 89.7 Å². The maximum absolute atomic E-state index is 11.5. The molecule has 0 saturated heterocycles. The molecule has 0 N–H and O–H groups in total. The Hall–Kier alpha value is -1.07. The molecule has 2 aromatic rings. The van der Waals surface area contributed by atoms with Crippen LogP contribution in [0.4, 0.5) is 0 Å². The quantitative estimate of drug-likeness (QED) is 0.749. The third-order valence-electron chi connectivity index (χ3n) is 1.87. The fourth-order valence-electron chi connectivity index (χ4n) is 1.11. The van der Waals surface area contributed by atoms with Crippen LogP contribution in [0, 0.1) is 0 Å². The van der Waals surface area contributed by atoms with Crippen molar-refractivity contribution >= 4 is 28.8 Å². The summed E-state index contributed by atoms with van der Waals surface area (Å²) in [4.78, 5) is 11.5. The number of thiophene rings is 1. The maximum Gasteiger partial charge on any atom is 0.184 e. The molecule has 0 unspecified atom stereocenters. The molecule has 2 heterocycles. The van der Waals surface area contributed by atoms with Crippen molar-refractivity contribution in [2.75, 3.05) is 0 Å². The van der Waals surface area contributed by atoms with Crippen molar-refractivity contribution < 1.29 is 4.79 Å². The van der Waals surface area contributed by atoms with Crippen LogP contribution in [-0.4, -0.2) is 14.5 Å². The Balaban J connectivity index is 1.90. The molecule has 3 nitrogen and oxygen atoms in total. The lowest BCUT2D eigenvalue weighted by Crippen LogP contribution is -2.00. The molecule has 0 amide bonds. The van der Waals surface area contributed by atoms with Crippen LogP contribution in [0.15, 0.2) is 23.0 Å². The average molecular weight is 224 g/mol. The Kier molecular flexibility index (Phi) is 3.00. The normalized spacial score (nSPS) is 10.3. The molecule has 0 aliphatic rings. The predicted octanol–water partition coefficient (Wildman–Crippen LogP) is 2.42. The van der Waals surface area contributed by atoms with Gasteiger partial charge in [0.25, 0.3) is 0 Å². The smallest absolute Gasteiger partial charge is 0.184 e. The van der Waals surface area contributed by atoms with Gasteiger partial charge in [-0.2, -0.15) is 20.1 Å². The summed E-state index contributed by atoms with van der Waals surface area (Å²) < 4.78 is 7.70. The summed E-state index contributed by atoms with van der Waals surface area (Å²) in [6.07, 6.45) is 2.84. The Morgan fingerprint density at radius 1 is 1.50 bits per heavy atom. The number of ketones is 1. The topological polar surface area (TPSA) is 42.9 Å². The molecule has 0 aliphatic carbocycles. The van der Waals surface area contributed by atoms with Crippen molar-refractivity contribution in [3.63, 3.8) is 0 Å². The lowest BCUT2D eigenvalue weighted by atomic mass is 10.1. The van der Waals surface area contributed by atoms with E-state index < -0.39 is 0 Å². The van der Waals surface area contributed by atoms with E-state index in [1.54, 1.807) is 11.3 Å². The molecule has 0 atom stereocenters. The molecule has 0 bridgehead atoms. The van der Waals surface area contributed by atoms with Gasteiger partial charge in [-0.1, -0.05) is 0 Å². The van der Waals surface area contributed by atoms with Crippen molar-refractivity contribution in [2.45, 2.75) is 12.8 Å². The maximum atomic E-state index is 11.5. The summed E-state index contributed by atoms with van der Waals surface area (Å²) in [6, 6.07) is 2.04. The first-order valence-electron chi connectivity index (χ1n) is 4.18. The largest absolute Gasteiger partial charge is 0.292 e. The molecular formula is C9H8N2OS2. The summed E-state index contributed by atoms with van der Waals surface area (Å²) in [6.45, 7) is 0. The van der Waals surface area contributed by atoms with Gasteiger partial charge in [0, 0.05) is 6.42 Å². The summed E-state index contributed by atoms with van der Waals surface area (Å²) >= 11 is 2.72. The molecule has 0 aromatic carbocycles. The van der Waals surface area contributed by atoms with Crippen molar-refractivity contribution in [2.24, 2.45) is 0 Å². The number of Topliss-reactive ketones (excluding diaryl/α,β-unsaturated/α-hetero) is 1. The lowest BCUT2D eigenvalue weighted by molar-refractivity contribution is 0.0979. The minimum atomic E-state index is 0.0740. The van der Waals surface area contributed by atoms with Crippen molar-refractivity contribution in [1.29, 1.82) is 0 Å². The number of carbonyl (C=O) groups is 1. The van der Waals surface area contributed by atoms with Crippen LogP contribution in [0.25, 0.3) is 0 Å². The van der Waals surface area contributed by atoms with Crippen LogP contribution in [-0.2, 0) is 6.42 Å². The van der Waals surface area contributed by atoms with Crippen LogP contribution >= 0.6 is 23.1 Å². The molecule has 0 fully saturated rings. The van der Waals surface area contributed by atoms with Gasteiger partial charge in [-0.15, -0.1) is 0 Å². The summed E-state index contributed by atoms with van der Waals surface area (Å²) in [5.74, 6) is 0.0740. The second-order valence-electron chi connectivity index (χ2n) is 2.85. The highest BCUT2D eigenvalue weighted by molar-refractivity contribution is 7.07. The first-order chi connectivity index (χ1) is 6.86. The monoisotopic (exact) mass is 224 g/mol. The van der Waals surface area contributed by atoms with E-state index in [0.717, 1.165) is 18.1 Å². The summed E-state index contributed by atoms with van der Waals surface area (Å²) in [7, 11) is 0. The van der Waals surface area contributed by atoms with Gasteiger partial charge >= 0.3 is 0 Å². The molecule has 2 rings (SSSR count). The fraction of sp³-hybridized carbons (Fsp3) is 0.222. The van der Waals surface area contributed by atoms with Gasteiger partial charge in [0.1, 0.15) is 5.69 Å². The van der Waals surface area contributed by atoms with E-state index in [1.165, 1.54) is 11.8 Å². The van der Waals surface area contributed by atoms with E-state index in [-0.39, 0.29) is 5.78 Å². The molecule has 0 saturated carbocycles. The number of hydrogen-bond acceptors (Lipinski definition) is 5. The highest BCUT2D eigenvalue weighted by Gasteiger charge is 2.08. The first kappa shape index (κ1) is 9.48. The second kappa shape index (κ2) is 4.43. The zero-order valence-electron chi connectivity index (χ0n) is 7.34. The van der Waals surface area contributed by atoms with Crippen molar-refractivity contribution in [3.05, 3.63) is 34.3 Å². The Morgan fingerprint density at radius 2 is 2.43 bits per heavy atom. The first-order valence-corrected chi connectivity index (χ1v) is 5.85. The highest BCUT2D eigenvalue weighted by Crippen LogP contribution is 2.10. The van der Waals surface area contributed by atoms with Crippen LogP contribution < -0.4 is 0 Å². The molecule has 5 heteroatoms. The molecule has 0 aliphatic heterocycles. The van der Waals surface area contributed by atoms with Gasteiger partial charge < -0.3 is 0 Å². The van der Waals surface area contributed by atoms with Crippen LogP contribution in [0.1, 0.15) is 22.5 Å². The fourth-order valence-corrected chi connectivity index (χ4v) is 2.24. The van der Waals surface area contributed by atoms with Crippen molar-refractivity contribution in [3.8, 4) is 0 Å². The van der Waals surface area contributed by atoms with Gasteiger partial charge in [0.15, 0.2) is 5.78 Å². The average Bonchev–Trinajstić information content (AvgIpc) is 2.87. The van der Waals surface area contributed by atoms with Gasteiger partial charge in [-0.05, 0) is 28.8 Å². The van der Waals surface area contributed by atoms with Gasteiger partial charge in [0.2, 0.25) is 0 Å². The minimum absolute atomic E-state index is 0.0740. The number of aryl methyl sites for hydroxylation is 1. The molecule has 0 spiro atoms.